The highest BCUT2D eigenvalue weighted by Gasteiger charge is 2.34. The van der Waals surface area contributed by atoms with Crippen molar-refractivity contribution in [3.63, 3.8) is 0 Å². The summed E-state index contributed by atoms with van der Waals surface area (Å²) in [5.41, 5.74) is 0. The lowest BCUT2D eigenvalue weighted by Crippen LogP contribution is -2.50. The molecular formula is C15H24N2O2S. The second-order valence-corrected chi connectivity index (χ2v) is 7.24. The third kappa shape index (κ3) is 3.22. The third-order valence-electron chi connectivity index (χ3n) is 4.07. The minimum Gasteiger partial charge on any atom is -0.314 e. The van der Waals surface area contributed by atoms with E-state index < -0.39 is 10.0 Å². The van der Waals surface area contributed by atoms with E-state index in [1.165, 1.54) is 0 Å². The number of hydrogen-bond donors (Lipinski definition) is 1. The number of nitrogens with zero attached hydrogens (tertiary/aromatic N) is 1. The maximum absolute atomic E-state index is 12.6. The molecule has 2 atom stereocenters. The quantitative estimate of drug-likeness (QED) is 0.905. The first kappa shape index (κ1) is 15.5. The Labute approximate surface area is 122 Å². The summed E-state index contributed by atoms with van der Waals surface area (Å²) in [5.74, 6) is 0.391. The highest BCUT2D eigenvalue weighted by molar-refractivity contribution is 7.89. The number of hydrogen-bond acceptors (Lipinski definition) is 3. The fraction of sp³-hybridized carbons (Fsp3) is 0.600. The Morgan fingerprint density at radius 1 is 1.25 bits per heavy atom. The van der Waals surface area contributed by atoms with Gasteiger partial charge in [0.1, 0.15) is 0 Å². The van der Waals surface area contributed by atoms with Gasteiger partial charge in [0.15, 0.2) is 0 Å². The van der Waals surface area contributed by atoms with Gasteiger partial charge in [-0.25, -0.2) is 8.42 Å². The van der Waals surface area contributed by atoms with Crippen molar-refractivity contribution in [2.45, 2.75) is 37.6 Å². The zero-order chi connectivity index (χ0) is 14.6. The minimum absolute atomic E-state index is 0.391. The molecule has 1 fully saturated rings. The molecule has 1 aromatic rings. The number of sulfonamides is 1. The summed E-state index contributed by atoms with van der Waals surface area (Å²) >= 11 is 0. The van der Waals surface area contributed by atoms with E-state index in [1.54, 1.807) is 28.6 Å². The topological polar surface area (TPSA) is 49.4 Å². The molecule has 1 aliphatic rings. The highest BCUT2D eigenvalue weighted by atomic mass is 32.2. The van der Waals surface area contributed by atoms with Crippen LogP contribution >= 0.6 is 0 Å². The second kappa shape index (κ2) is 6.70. The van der Waals surface area contributed by atoms with Crippen LogP contribution in [0.1, 0.15) is 26.7 Å². The molecule has 0 bridgehead atoms. The predicted octanol–water partition coefficient (Wildman–Crippen LogP) is 2.09. The van der Waals surface area contributed by atoms with E-state index in [2.05, 4.69) is 19.2 Å². The SMILES string of the molecule is CCNC1CCN(S(=O)(=O)c2ccccc2)CC1CC. The van der Waals surface area contributed by atoms with Crippen LogP contribution in [-0.2, 0) is 10.0 Å². The lowest BCUT2D eigenvalue weighted by molar-refractivity contribution is 0.204. The van der Waals surface area contributed by atoms with Gasteiger partial charge >= 0.3 is 0 Å². The van der Waals surface area contributed by atoms with E-state index in [0.717, 1.165) is 19.4 Å². The Morgan fingerprint density at radius 2 is 1.95 bits per heavy atom. The molecule has 2 unspecified atom stereocenters. The van der Waals surface area contributed by atoms with Gasteiger partial charge in [0.05, 0.1) is 4.90 Å². The van der Waals surface area contributed by atoms with E-state index in [-0.39, 0.29) is 0 Å². The molecule has 1 aromatic carbocycles. The van der Waals surface area contributed by atoms with E-state index in [1.807, 2.05) is 6.07 Å². The molecule has 1 aliphatic heterocycles. The summed E-state index contributed by atoms with van der Waals surface area (Å²) in [5, 5.41) is 3.48. The van der Waals surface area contributed by atoms with Crippen molar-refractivity contribution in [2.75, 3.05) is 19.6 Å². The van der Waals surface area contributed by atoms with Crippen molar-refractivity contribution < 1.29 is 8.42 Å². The van der Waals surface area contributed by atoms with Crippen LogP contribution in [0.15, 0.2) is 35.2 Å². The Hall–Kier alpha value is -0.910. The molecule has 1 saturated heterocycles. The van der Waals surface area contributed by atoms with Gasteiger partial charge in [0.2, 0.25) is 10.0 Å². The van der Waals surface area contributed by atoms with E-state index >= 15 is 0 Å². The fourth-order valence-corrected chi connectivity index (χ4v) is 4.44. The molecule has 0 spiro atoms. The van der Waals surface area contributed by atoms with Gasteiger partial charge in [-0.15, -0.1) is 0 Å². The van der Waals surface area contributed by atoms with Crippen molar-refractivity contribution in [1.82, 2.24) is 9.62 Å². The molecule has 5 heteroatoms. The second-order valence-electron chi connectivity index (χ2n) is 5.30. The van der Waals surface area contributed by atoms with E-state index in [0.29, 0.717) is 29.9 Å². The first-order chi connectivity index (χ1) is 9.59. The van der Waals surface area contributed by atoms with Crippen molar-refractivity contribution in [3.8, 4) is 0 Å². The van der Waals surface area contributed by atoms with Crippen LogP contribution in [-0.4, -0.2) is 38.4 Å². The average molecular weight is 296 g/mol. The first-order valence-corrected chi connectivity index (χ1v) is 8.82. The summed E-state index contributed by atoms with van der Waals surface area (Å²) in [6.07, 6.45) is 1.89. The molecule has 0 saturated carbocycles. The number of rotatable bonds is 5. The van der Waals surface area contributed by atoms with Crippen LogP contribution in [0.5, 0.6) is 0 Å². The van der Waals surface area contributed by atoms with Gasteiger partial charge in [-0.05, 0) is 31.0 Å². The third-order valence-corrected chi connectivity index (χ3v) is 5.95. The summed E-state index contributed by atoms with van der Waals surface area (Å²) in [4.78, 5) is 0.400. The van der Waals surface area contributed by atoms with Crippen LogP contribution in [0.2, 0.25) is 0 Å². The Kier molecular flexibility index (Phi) is 5.18. The monoisotopic (exact) mass is 296 g/mol. The van der Waals surface area contributed by atoms with Gasteiger partial charge in [0.25, 0.3) is 0 Å². The van der Waals surface area contributed by atoms with Crippen molar-refractivity contribution in [1.29, 1.82) is 0 Å². The van der Waals surface area contributed by atoms with Crippen LogP contribution in [0.25, 0.3) is 0 Å². The van der Waals surface area contributed by atoms with Crippen molar-refractivity contribution in [2.24, 2.45) is 5.92 Å². The lowest BCUT2D eigenvalue weighted by Gasteiger charge is -2.37. The van der Waals surface area contributed by atoms with Crippen LogP contribution in [0.3, 0.4) is 0 Å². The molecular weight excluding hydrogens is 272 g/mol. The number of nitrogens with one attached hydrogen (secondary N) is 1. The number of piperidine rings is 1. The summed E-state index contributed by atoms with van der Waals surface area (Å²) in [6.45, 7) is 6.39. The molecule has 20 heavy (non-hydrogen) atoms. The average Bonchev–Trinajstić information content (AvgIpc) is 2.48. The summed E-state index contributed by atoms with van der Waals surface area (Å²) in [7, 11) is -3.34. The van der Waals surface area contributed by atoms with Crippen LogP contribution in [0.4, 0.5) is 0 Å². The largest absolute Gasteiger partial charge is 0.314 e. The maximum atomic E-state index is 12.6. The first-order valence-electron chi connectivity index (χ1n) is 7.38. The smallest absolute Gasteiger partial charge is 0.243 e. The maximum Gasteiger partial charge on any atom is 0.243 e. The van der Waals surface area contributed by atoms with Gasteiger partial charge in [-0.3, -0.25) is 0 Å². The standard InChI is InChI=1S/C15H24N2O2S/c1-3-13-12-17(11-10-15(13)16-4-2)20(18,19)14-8-6-5-7-9-14/h5-9,13,15-16H,3-4,10-12H2,1-2H3. The van der Waals surface area contributed by atoms with Gasteiger partial charge in [0, 0.05) is 19.1 Å². The van der Waals surface area contributed by atoms with E-state index in [4.69, 9.17) is 0 Å². The Bertz CT molecular complexity index is 516. The van der Waals surface area contributed by atoms with E-state index in [9.17, 15) is 8.42 Å². The molecule has 1 heterocycles. The van der Waals surface area contributed by atoms with Crippen molar-refractivity contribution >= 4 is 10.0 Å². The molecule has 0 aromatic heterocycles. The minimum atomic E-state index is -3.34. The van der Waals surface area contributed by atoms with Crippen molar-refractivity contribution in [3.05, 3.63) is 30.3 Å². The molecule has 2 rings (SSSR count). The van der Waals surface area contributed by atoms with Crippen LogP contribution < -0.4 is 5.32 Å². The normalized spacial score (nSPS) is 24.7. The molecule has 4 nitrogen and oxygen atoms in total. The summed E-state index contributed by atoms with van der Waals surface area (Å²) in [6, 6.07) is 9.17. The highest BCUT2D eigenvalue weighted by Crippen LogP contribution is 2.25. The molecule has 0 radical (unpaired) electrons. The Balaban J connectivity index is 2.15. The molecule has 112 valence electrons. The van der Waals surface area contributed by atoms with Gasteiger partial charge < -0.3 is 5.32 Å². The molecule has 0 amide bonds. The molecule has 1 N–H and O–H groups in total. The summed E-state index contributed by atoms with van der Waals surface area (Å²) < 4.78 is 26.9. The van der Waals surface area contributed by atoms with Crippen LogP contribution in [0, 0.1) is 5.92 Å². The lowest BCUT2D eigenvalue weighted by atomic mass is 9.91. The van der Waals surface area contributed by atoms with Gasteiger partial charge in [-0.2, -0.15) is 4.31 Å². The van der Waals surface area contributed by atoms with Gasteiger partial charge in [-0.1, -0.05) is 38.5 Å². The predicted molar refractivity (Wildman–Crippen MR) is 81.1 cm³/mol. The fourth-order valence-electron chi connectivity index (χ4n) is 2.90. The zero-order valence-corrected chi connectivity index (χ0v) is 13.1. The molecule has 0 aliphatic carbocycles. The zero-order valence-electron chi connectivity index (χ0n) is 12.2. The number of benzene rings is 1. The Morgan fingerprint density at radius 3 is 2.55 bits per heavy atom.